The zero-order chi connectivity index (χ0) is 24.7. The molecule has 1 saturated heterocycles. The van der Waals surface area contributed by atoms with Gasteiger partial charge in [0.1, 0.15) is 30.0 Å². The molecule has 7 nitrogen and oxygen atoms in total. The lowest BCUT2D eigenvalue weighted by atomic mass is 9.94. The summed E-state index contributed by atoms with van der Waals surface area (Å²) in [5.74, 6) is -0.833. The summed E-state index contributed by atoms with van der Waals surface area (Å²) in [5.41, 5.74) is 2.06. The van der Waals surface area contributed by atoms with Gasteiger partial charge in [0, 0.05) is 24.9 Å². The largest absolute Gasteiger partial charge is 0.507 e. The number of imidazole rings is 1. The van der Waals surface area contributed by atoms with Crippen LogP contribution in [0.1, 0.15) is 36.1 Å². The smallest absolute Gasteiger partial charge is 0.295 e. The number of hydrogen-bond donors (Lipinski definition) is 2. The Morgan fingerprint density at radius 3 is 2.77 bits per heavy atom. The highest BCUT2D eigenvalue weighted by Gasteiger charge is 2.46. The van der Waals surface area contributed by atoms with E-state index in [1.54, 1.807) is 30.3 Å². The van der Waals surface area contributed by atoms with Crippen molar-refractivity contribution in [1.82, 2.24) is 9.88 Å². The number of aliphatic hydroxyl groups is 1. The van der Waals surface area contributed by atoms with Crippen molar-refractivity contribution in [3.8, 4) is 5.75 Å². The average molecular weight is 513 g/mol. The molecule has 3 heterocycles. The normalized spacial score (nSPS) is 20.8. The number of ether oxygens (including phenoxy) is 1. The number of nitrogens with zero attached hydrogens (tertiary/aromatic N) is 2. The van der Waals surface area contributed by atoms with Gasteiger partial charge in [0.05, 0.1) is 28.2 Å². The van der Waals surface area contributed by atoms with E-state index in [4.69, 9.17) is 27.9 Å². The molecule has 35 heavy (non-hydrogen) atoms. The molecular formula is C26H24Cl2N3O4+. The number of ketones is 1. The molecule has 2 aromatic carbocycles. The van der Waals surface area contributed by atoms with Gasteiger partial charge in [-0.1, -0.05) is 29.3 Å². The molecule has 1 amide bonds. The van der Waals surface area contributed by atoms with Crippen LogP contribution in [-0.4, -0.2) is 39.3 Å². The number of benzene rings is 2. The van der Waals surface area contributed by atoms with E-state index in [1.165, 1.54) is 4.90 Å². The van der Waals surface area contributed by atoms with Crippen LogP contribution in [0.15, 0.2) is 60.7 Å². The Balaban J connectivity index is 1.55. The number of amides is 1. The Bertz CT molecular complexity index is 1340. The predicted octanol–water partition coefficient (Wildman–Crippen LogP) is 4.44. The van der Waals surface area contributed by atoms with E-state index in [2.05, 4.69) is 4.98 Å². The summed E-state index contributed by atoms with van der Waals surface area (Å²) >= 11 is 12.4. The second-order valence-corrected chi connectivity index (χ2v) is 9.64. The minimum atomic E-state index is -0.788. The van der Waals surface area contributed by atoms with Gasteiger partial charge in [-0.2, -0.15) is 0 Å². The highest BCUT2D eigenvalue weighted by molar-refractivity contribution is 6.46. The highest BCUT2D eigenvalue weighted by atomic mass is 35.5. The Morgan fingerprint density at radius 1 is 1.20 bits per heavy atom. The number of H-pyrrole nitrogens is 1. The van der Waals surface area contributed by atoms with Crippen molar-refractivity contribution in [2.45, 2.75) is 38.5 Å². The van der Waals surface area contributed by atoms with Gasteiger partial charge in [-0.25, -0.2) is 4.57 Å². The molecule has 2 aliphatic rings. The van der Waals surface area contributed by atoms with Crippen LogP contribution < -0.4 is 9.30 Å². The molecular weight excluding hydrogens is 489 g/mol. The highest BCUT2D eigenvalue weighted by Crippen LogP contribution is 2.42. The Hall–Kier alpha value is -3.29. The van der Waals surface area contributed by atoms with Crippen molar-refractivity contribution < 1.29 is 24.0 Å². The minimum absolute atomic E-state index is 0.0367. The Morgan fingerprint density at radius 2 is 2.03 bits per heavy atom. The number of Topliss-reactive ketones (excluding diaryl/α,β-unsaturated/α-hetero) is 1. The van der Waals surface area contributed by atoms with Crippen molar-refractivity contribution in [1.29, 1.82) is 0 Å². The van der Waals surface area contributed by atoms with Gasteiger partial charge in [-0.3, -0.25) is 14.6 Å². The minimum Gasteiger partial charge on any atom is -0.507 e. The molecule has 2 atom stereocenters. The molecule has 0 aliphatic carbocycles. The van der Waals surface area contributed by atoms with Crippen molar-refractivity contribution in [3.63, 3.8) is 0 Å². The first-order valence-corrected chi connectivity index (χ1v) is 12.1. The van der Waals surface area contributed by atoms with Crippen molar-refractivity contribution in [2.24, 2.45) is 0 Å². The van der Waals surface area contributed by atoms with Crippen molar-refractivity contribution in [2.75, 3.05) is 6.54 Å². The summed E-state index contributed by atoms with van der Waals surface area (Å²) in [6, 6.07) is 9.51. The van der Waals surface area contributed by atoms with Crippen LogP contribution in [0.2, 0.25) is 10.0 Å². The molecule has 2 N–H and O–H groups in total. The maximum atomic E-state index is 13.2. The molecule has 1 aromatic heterocycles. The maximum Gasteiger partial charge on any atom is 0.295 e. The van der Waals surface area contributed by atoms with Crippen LogP contribution in [0.25, 0.3) is 5.76 Å². The maximum absolute atomic E-state index is 13.2. The molecule has 9 heteroatoms. The summed E-state index contributed by atoms with van der Waals surface area (Å²) in [6.45, 7) is 2.95. The van der Waals surface area contributed by atoms with Gasteiger partial charge in [0.15, 0.2) is 0 Å². The first-order chi connectivity index (χ1) is 16.8. The molecule has 0 saturated carbocycles. The Kier molecular flexibility index (Phi) is 6.30. The van der Waals surface area contributed by atoms with E-state index in [1.807, 2.05) is 36.3 Å². The third-order valence-corrected chi connectivity index (χ3v) is 7.13. The third kappa shape index (κ3) is 4.42. The van der Waals surface area contributed by atoms with E-state index in [0.29, 0.717) is 47.1 Å². The summed E-state index contributed by atoms with van der Waals surface area (Å²) in [6.07, 6.45) is 6.89. The fourth-order valence-corrected chi connectivity index (χ4v) is 5.05. The van der Waals surface area contributed by atoms with Gasteiger partial charge in [-0.15, -0.1) is 0 Å². The fraction of sp³-hybridized carbons (Fsp3) is 0.269. The molecule has 5 rings (SSSR count). The lowest BCUT2D eigenvalue weighted by Gasteiger charge is -2.25. The van der Waals surface area contributed by atoms with Crippen LogP contribution in [0.3, 0.4) is 0 Å². The molecule has 0 spiro atoms. The van der Waals surface area contributed by atoms with E-state index in [0.717, 1.165) is 11.3 Å². The monoisotopic (exact) mass is 512 g/mol. The number of likely N-dealkylation sites (tertiary alicyclic amines) is 1. The number of nitrogens with one attached hydrogen (secondary N) is 1. The lowest BCUT2D eigenvalue weighted by molar-refractivity contribution is -0.695. The predicted molar refractivity (Wildman–Crippen MR) is 131 cm³/mol. The topological polar surface area (TPSA) is 86.5 Å². The average Bonchev–Trinajstić information content (AvgIpc) is 3.54. The fourth-order valence-electron chi connectivity index (χ4n) is 4.75. The lowest BCUT2D eigenvalue weighted by Crippen LogP contribution is -2.36. The number of carbonyl (C=O) groups excluding carboxylic acids is 2. The number of aliphatic hydroxyl groups excluding tert-OH is 1. The molecule has 1 fully saturated rings. The van der Waals surface area contributed by atoms with Gasteiger partial charge in [0.25, 0.3) is 11.7 Å². The van der Waals surface area contributed by atoms with Crippen LogP contribution >= 0.6 is 23.2 Å². The molecule has 2 aliphatic heterocycles. The van der Waals surface area contributed by atoms with Gasteiger partial charge < -0.3 is 14.7 Å². The Labute approximate surface area is 212 Å². The number of hydrogen-bond acceptors (Lipinski definition) is 4. The first kappa shape index (κ1) is 23.5. The molecule has 0 bridgehead atoms. The second-order valence-electron chi connectivity index (χ2n) is 8.82. The number of carbonyl (C=O) groups is 2. The number of fused-ring (bicyclic) bond motifs is 1. The molecule has 0 radical (unpaired) electrons. The van der Waals surface area contributed by atoms with Gasteiger partial charge >= 0.3 is 0 Å². The van der Waals surface area contributed by atoms with Gasteiger partial charge in [0.2, 0.25) is 6.33 Å². The number of aromatic amines is 1. The van der Waals surface area contributed by atoms with E-state index in [-0.39, 0.29) is 17.4 Å². The first-order valence-electron chi connectivity index (χ1n) is 11.4. The zero-order valence-electron chi connectivity index (χ0n) is 19.0. The summed E-state index contributed by atoms with van der Waals surface area (Å²) in [7, 11) is 0. The third-order valence-electron chi connectivity index (χ3n) is 6.39. The molecule has 180 valence electrons. The quantitative estimate of drug-likeness (QED) is 0.221. The summed E-state index contributed by atoms with van der Waals surface area (Å²) < 4.78 is 7.71. The standard InChI is InChI=1S/C26H23Cl2N3O4/c1-15-11-18-12-17(4-6-21(18)35-15)24(32)22-23(16-3-5-19(27)20(28)13-16)31(26(34)25(22)33)9-2-8-30-10-7-29-14-30/h3-7,10,12-15,23H,2,8-9,11H2,1H3,(H,32,33)/p+1. The number of aryl methyl sites for hydroxylation is 1. The zero-order valence-corrected chi connectivity index (χ0v) is 20.5. The van der Waals surface area contributed by atoms with Crippen molar-refractivity contribution >= 4 is 40.7 Å². The number of aromatic nitrogens is 2. The number of rotatable bonds is 6. The van der Waals surface area contributed by atoms with Crippen LogP contribution in [-0.2, 0) is 22.6 Å². The van der Waals surface area contributed by atoms with Gasteiger partial charge in [-0.05, 0) is 48.4 Å². The molecule has 3 aromatic rings. The van der Waals surface area contributed by atoms with Crippen LogP contribution in [0.5, 0.6) is 5.75 Å². The van der Waals surface area contributed by atoms with E-state index < -0.39 is 17.7 Å². The summed E-state index contributed by atoms with van der Waals surface area (Å²) in [5, 5.41) is 12.0. The summed E-state index contributed by atoms with van der Waals surface area (Å²) in [4.78, 5) is 30.9. The second kappa shape index (κ2) is 9.40. The SMILES string of the molecule is CC1Cc2cc(/C(O)=C3\C(=O)C(=O)N(CCC[n+]4cc[nH]c4)C3c3ccc(Cl)c(Cl)c3)ccc2O1. The van der Waals surface area contributed by atoms with E-state index >= 15 is 0 Å². The molecule has 2 unspecified atom stereocenters. The van der Waals surface area contributed by atoms with Crippen LogP contribution in [0, 0.1) is 0 Å². The van der Waals surface area contributed by atoms with Crippen LogP contribution in [0.4, 0.5) is 0 Å². The van der Waals surface area contributed by atoms with E-state index in [9.17, 15) is 14.7 Å². The number of halogens is 2. The van der Waals surface area contributed by atoms with Crippen molar-refractivity contribution in [3.05, 3.63) is 87.4 Å².